The van der Waals surface area contributed by atoms with Gasteiger partial charge >= 0.3 is 0 Å². The minimum absolute atomic E-state index is 0.0901. The smallest absolute Gasteiger partial charge is 0.226 e. The number of nitrogens with one attached hydrogen (secondary N) is 2. The van der Waals surface area contributed by atoms with Crippen molar-refractivity contribution in [2.24, 2.45) is 17.3 Å². The van der Waals surface area contributed by atoms with Crippen LogP contribution in [0, 0.1) is 17.3 Å². The molecule has 1 amide bonds. The molecule has 1 heterocycles. The number of hydrogen-bond acceptors (Lipinski definition) is 2. The minimum atomic E-state index is -0.0901. The molecule has 0 atom stereocenters. The topological polar surface area (TPSA) is 41.1 Å². The third kappa shape index (κ3) is 3.71. The van der Waals surface area contributed by atoms with Crippen LogP contribution in [-0.4, -0.2) is 25.5 Å². The molecule has 0 unspecified atom stereocenters. The van der Waals surface area contributed by atoms with Gasteiger partial charge in [0.2, 0.25) is 5.91 Å². The van der Waals surface area contributed by atoms with Crippen molar-refractivity contribution in [1.29, 1.82) is 0 Å². The Hall–Kier alpha value is -0.570. The Morgan fingerprint density at radius 3 is 2.42 bits per heavy atom. The Labute approximate surface area is 117 Å². The van der Waals surface area contributed by atoms with E-state index in [1.54, 1.807) is 0 Å². The van der Waals surface area contributed by atoms with Gasteiger partial charge in [-0.15, -0.1) is 0 Å². The number of piperidine rings is 1. The van der Waals surface area contributed by atoms with Crippen molar-refractivity contribution in [3.8, 4) is 0 Å². The van der Waals surface area contributed by atoms with Gasteiger partial charge in [0.25, 0.3) is 0 Å². The second kappa shape index (κ2) is 6.74. The highest BCUT2D eigenvalue weighted by atomic mass is 16.2. The lowest BCUT2D eigenvalue weighted by Gasteiger charge is -2.36. The summed E-state index contributed by atoms with van der Waals surface area (Å²) in [4.78, 5) is 12.5. The van der Waals surface area contributed by atoms with Crippen molar-refractivity contribution in [2.45, 2.75) is 58.8 Å². The molecule has 110 valence electrons. The average molecular weight is 266 g/mol. The fraction of sp³-hybridized carbons (Fsp3) is 0.938. The monoisotopic (exact) mass is 266 g/mol. The van der Waals surface area contributed by atoms with E-state index >= 15 is 0 Å². The molecule has 1 saturated carbocycles. The first-order valence-electron chi connectivity index (χ1n) is 8.15. The summed E-state index contributed by atoms with van der Waals surface area (Å²) in [6, 6.07) is 0. The van der Waals surface area contributed by atoms with Crippen molar-refractivity contribution in [1.82, 2.24) is 10.6 Å². The van der Waals surface area contributed by atoms with Gasteiger partial charge in [0.1, 0.15) is 0 Å². The van der Waals surface area contributed by atoms with Gasteiger partial charge in [-0.05, 0) is 57.0 Å². The zero-order valence-electron chi connectivity index (χ0n) is 12.6. The summed E-state index contributed by atoms with van der Waals surface area (Å²) in [6.07, 6.45) is 8.23. The maximum atomic E-state index is 12.5. The normalized spacial score (nSPS) is 30.8. The first kappa shape index (κ1) is 14.8. The summed E-state index contributed by atoms with van der Waals surface area (Å²) < 4.78 is 0. The number of carbonyl (C=O) groups excluding carboxylic acids is 1. The summed E-state index contributed by atoms with van der Waals surface area (Å²) in [6.45, 7) is 7.38. The van der Waals surface area contributed by atoms with Crippen LogP contribution in [-0.2, 0) is 4.79 Å². The quantitative estimate of drug-likeness (QED) is 0.821. The molecule has 3 nitrogen and oxygen atoms in total. The number of amides is 1. The third-order valence-electron chi connectivity index (χ3n) is 5.41. The van der Waals surface area contributed by atoms with E-state index in [1.165, 1.54) is 25.7 Å². The molecule has 0 radical (unpaired) electrons. The number of rotatable bonds is 4. The number of carbonyl (C=O) groups is 1. The van der Waals surface area contributed by atoms with Crippen molar-refractivity contribution >= 4 is 5.91 Å². The first-order valence-corrected chi connectivity index (χ1v) is 8.15. The Balaban J connectivity index is 1.79. The molecule has 0 aromatic rings. The highest BCUT2D eigenvalue weighted by Crippen LogP contribution is 2.33. The molecule has 0 aromatic heterocycles. The lowest BCUT2D eigenvalue weighted by molar-refractivity contribution is -0.133. The highest BCUT2D eigenvalue weighted by molar-refractivity contribution is 5.82. The molecule has 1 aliphatic carbocycles. The van der Waals surface area contributed by atoms with Crippen LogP contribution < -0.4 is 10.6 Å². The number of hydrogen-bond donors (Lipinski definition) is 2. The van der Waals surface area contributed by atoms with Crippen molar-refractivity contribution in [2.75, 3.05) is 19.6 Å². The molecule has 2 N–H and O–H groups in total. The second-order valence-corrected chi connectivity index (χ2v) is 6.72. The molecule has 2 rings (SSSR count). The zero-order valence-corrected chi connectivity index (χ0v) is 12.6. The summed E-state index contributed by atoms with van der Waals surface area (Å²) >= 11 is 0. The van der Waals surface area contributed by atoms with Crippen LogP contribution >= 0.6 is 0 Å². The average Bonchev–Trinajstić information content (AvgIpc) is 2.47. The summed E-state index contributed by atoms with van der Waals surface area (Å²) in [7, 11) is 0. The molecule has 19 heavy (non-hydrogen) atoms. The SMILES string of the molecule is CCC1(C(=O)NCC2CCC(C)CC2)CCNCC1. The lowest BCUT2D eigenvalue weighted by Crippen LogP contribution is -2.48. The molecule has 0 bridgehead atoms. The van der Waals surface area contributed by atoms with Gasteiger partial charge in [-0.3, -0.25) is 4.79 Å². The fourth-order valence-electron chi connectivity index (χ4n) is 3.60. The maximum Gasteiger partial charge on any atom is 0.226 e. The molecule has 0 spiro atoms. The highest BCUT2D eigenvalue weighted by Gasteiger charge is 2.37. The van der Waals surface area contributed by atoms with Gasteiger partial charge < -0.3 is 10.6 Å². The van der Waals surface area contributed by atoms with E-state index in [0.717, 1.165) is 50.7 Å². The van der Waals surface area contributed by atoms with Crippen molar-refractivity contribution in [3.63, 3.8) is 0 Å². The lowest BCUT2D eigenvalue weighted by atomic mass is 9.75. The van der Waals surface area contributed by atoms with Gasteiger partial charge in [0.05, 0.1) is 5.41 Å². The van der Waals surface area contributed by atoms with E-state index < -0.39 is 0 Å². The first-order chi connectivity index (χ1) is 9.16. The molecule has 2 fully saturated rings. The van der Waals surface area contributed by atoms with Crippen LogP contribution in [0.2, 0.25) is 0 Å². The van der Waals surface area contributed by atoms with Crippen LogP contribution in [0.15, 0.2) is 0 Å². The van der Waals surface area contributed by atoms with E-state index in [9.17, 15) is 4.79 Å². The Kier molecular flexibility index (Phi) is 5.26. The van der Waals surface area contributed by atoms with E-state index in [0.29, 0.717) is 5.91 Å². The Morgan fingerprint density at radius 1 is 1.21 bits per heavy atom. The molecular weight excluding hydrogens is 236 g/mol. The molecule has 1 saturated heterocycles. The van der Waals surface area contributed by atoms with Crippen LogP contribution in [0.1, 0.15) is 58.8 Å². The third-order valence-corrected chi connectivity index (χ3v) is 5.41. The zero-order chi connectivity index (χ0) is 13.7. The van der Waals surface area contributed by atoms with Crippen LogP contribution in [0.25, 0.3) is 0 Å². The standard InChI is InChI=1S/C16H30N2O/c1-3-16(8-10-17-11-9-16)15(19)18-12-14-6-4-13(2)5-7-14/h13-14,17H,3-12H2,1-2H3,(H,18,19). The van der Waals surface area contributed by atoms with Crippen molar-refractivity contribution in [3.05, 3.63) is 0 Å². The molecular formula is C16H30N2O. The van der Waals surface area contributed by atoms with Crippen molar-refractivity contribution < 1.29 is 4.79 Å². The van der Waals surface area contributed by atoms with Crippen LogP contribution in [0.4, 0.5) is 0 Å². The van der Waals surface area contributed by atoms with Gasteiger partial charge in [0, 0.05) is 6.54 Å². The second-order valence-electron chi connectivity index (χ2n) is 6.72. The minimum Gasteiger partial charge on any atom is -0.355 e. The molecule has 1 aliphatic heterocycles. The summed E-state index contributed by atoms with van der Waals surface area (Å²) in [5, 5.41) is 6.62. The van der Waals surface area contributed by atoms with E-state index in [1.807, 2.05) is 0 Å². The van der Waals surface area contributed by atoms with Gasteiger partial charge in [-0.1, -0.05) is 26.7 Å². The van der Waals surface area contributed by atoms with Crippen LogP contribution in [0.3, 0.4) is 0 Å². The largest absolute Gasteiger partial charge is 0.355 e. The Morgan fingerprint density at radius 2 is 1.84 bits per heavy atom. The van der Waals surface area contributed by atoms with E-state index in [2.05, 4.69) is 24.5 Å². The van der Waals surface area contributed by atoms with Crippen LogP contribution in [0.5, 0.6) is 0 Å². The van der Waals surface area contributed by atoms with Gasteiger partial charge in [-0.25, -0.2) is 0 Å². The van der Waals surface area contributed by atoms with E-state index in [4.69, 9.17) is 0 Å². The predicted molar refractivity (Wildman–Crippen MR) is 79.0 cm³/mol. The fourth-order valence-corrected chi connectivity index (χ4v) is 3.60. The Bertz CT molecular complexity index is 289. The maximum absolute atomic E-state index is 12.5. The van der Waals surface area contributed by atoms with Gasteiger partial charge in [0.15, 0.2) is 0 Å². The predicted octanol–water partition coefficient (Wildman–Crippen LogP) is 2.71. The molecule has 0 aromatic carbocycles. The summed E-state index contributed by atoms with van der Waals surface area (Å²) in [5.74, 6) is 1.92. The van der Waals surface area contributed by atoms with E-state index in [-0.39, 0.29) is 5.41 Å². The molecule has 2 aliphatic rings. The molecule has 3 heteroatoms. The summed E-state index contributed by atoms with van der Waals surface area (Å²) in [5.41, 5.74) is -0.0901. The van der Waals surface area contributed by atoms with Gasteiger partial charge in [-0.2, -0.15) is 0 Å².